The monoisotopic (exact) mass is 629 g/mol. The minimum absolute atomic E-state index is 0.0964. The number of carbonyl (C=O) groups excluding carboxylic acids is 2. The van der Waals surface area contributed by atoms with Crippen LogP contribution in [0.25, 0.3) is 0 Å². The van der Waals surface area contributed by atoms with Gasteiger partial charge in [-0.15, -0.1) is 6.42 Å². The lowest BCUT2D eigenvalue weighted by Gasteiger charge is -2.28. The molecule has 3 aromatic rings. The first-order valence-corrected chi connectivity index (χ1v) is 15.6. The molecule has 42 heavy (non-hydrogen) atoms. The number of aromatic nitrogens is 2. The van der Waals surface area contributed by atoms with Crippen LogP contribution in [0.4, 0.5) is 20.6 Å². The highest BCUT2D eigenvalue weighted by Crippen LogP contribution is 2.37. The van der Waals surface area contributed by atoms with Crippen molar-refractivity contribution in [3.63, 3.8) is 0 Å². The van der Waals surface area contributed by atoms with Gasteiger partial charge in [-0.05, 0) is 43.0 Å². The third-order valence-electron chi connectivity index (χ3n) is 6.73. The highest BCUT2D eigenvalue weighted by Gasteiger charge is 2.31. The molecular formula is C30H33ClFN5O3S2. The minimum Gasteiger partial charge on any atom is -0.481 e. The Hall–Kier alpha value is -3.33. The summed E-state index contributed by atoms with van der Waals surface area (Å²) in [6, 6.07) is 10.3. The van der Waals surface area contributed by atoms with Gasteiger partial charge in [-0.1, -0.05) is 55.3 Å². The van der Waals surface area contributed by atoms with Crippen molar-refractivity contribution in [3.8, 4) is 18.1 Å². The van der Waals surface area contributed by atoms with Crippen LogP contribution in [0, 0.1) is 23.6 Å². The summed E-state index contributed by atoms with van der Waals surface area (Å²) in [7, 11) is 0. The number of terminal acetylenes is 1. The number of benzene rings is 2. The van der Waals surface area contributed by atoms with Crippen LogP contribution >= 0.6 is 34.9 Å². The van der Waals surface area contributed by atoms with Gasteiger partial charge in [0.1, 0.15) is 17.3 Å². The van der Waals surface area contributed by atoms with Crippen LogP contribution in [0.2, 0.25) is 5.02 Å². The number of amides is 2. The zero-order valence-corrected chi connectivity index (χ0v) is 26.4. The summed E-state index contributed by atoms with van der Waals surface area (Å²) in [5, 5.41) is 0.865. The molecule has 0 fully saturated rings. The highest BCUT2D eigenvalue weighted by molar-refractivity contribution is 8.12. The summed E-state index contributed by atoms with van der Waals surface area (Å²) in [6.07, 6.45) is 6.22. The first-order valence-electron chi connectivity index (χ1n) is 13.5. The van der Waals surface area contributed by atoms with Crippen molar-refractivity contribution in [2.24, 2.45) is 10.4 Å². The second-order valence-electron chi connectivity index (χ2n) is 10.5. The van der Waals surface area contributed by atoms with E-state index in [0.29, 0.717) is 22.0 Å². The van der Waals surface area contributed by atoms with Gasteiger partial charge in [0.2, 0.25) is 4.80 Å². The maximum Gasteiger partial charge on any atom is 0.281 e. The van der Waals surface area contributed by atoms with Crippen molar-refractivity contribution in [1.82, 2.24) is 13.8 Å². The number of anilines is 1. The zero-order valence-electron chi connectivity index (χ0n) is 24.0. The van der Waals surface area contributed by atoms with E-state index in [0.717, 1.165) is 42.5 Å². The van der Waals surface area contributed by atoms with Crippen LogP contribution in [0.15, 0.2) is 41.4 Å². The number of thioether (sulfide) groups is 1. The van der Waals surface area contributed by atoms with E-state index in [9.17, 15) is 14.0 Å². The molecule has 222 valence electrons. The Balaban J connectivity index is 0.000000219. The van der Waals surface area contributed by atoms with E-state index in [1.165, 1.54) is 40.3 Å². The van der Waals surface area contributed by atoms with Crippen molar-refractivity contribution >= 4 is 57.4 Å². The third kappa shape index (κ3) is 7.54. The number of rotatable bonds is 6. The predicted molar refractivity (Wildman–Crippen MR) is 167 cm³/mol. The average molecular weight is 630 g/mol. The minimum atomic E-state index is -0.515. The van der Waals surface area contributed by atoms with Crippen LogP contribution in [-0.2, 0) is 23.5 Å². The molecule has 3 heterocycles. The van der Waals surface area contributed by atoms with Crippen molar-refractivity contribution in [2.45, 2.75) is 46.4 Å². The van der Waals surface area contributed by atoms with E-state index in [-0.39, 0.29) is 35.4 Å². The van der Waals surface area contributed by atoms with Crippen LogP contribution in [0.1, 0.15) is 39.1 Å². The predicted octanol–water partition coefficient (Wildman–Crippen LogP) is 6.29. The lowest BCUT2D eigenvalue weighted by atomic mass is 9.92. The lowest BCUT2D eigenvalue weighted by molar-refractivity contribution is -0.121. The maximum absolute atomic E-state index is 14.5. The smallest absolute Gasteiger partial charge is 0.281 e. The molecule has 5 rings (SSSR count). The third-order valence-corrected chi connectivity index (χ3v) is 8.74. The molecule has 2 amide bonds. The summed E-state index contributed by atoms with van der Waals surface area (Å²) in [4.78, 5) is 32.1. The largest absolute Gasteiger partial charge is 0.481 e. The molecule has 0 spiro atoms. The van der Waals surface area contributed by atoms with Gasteiger partial charge in [0.15, 0.2) is 12.4 Å². The van der Waals surface area contributed by atoms with E-state index in [1.807, 2.05) is 47.6 Å². The number of nitrogens with zero attached hydrogens (tertiary/aromatic N) is 5. The number of carbonyl (C=O) groups is 2. The molecule has 0 unspecified atom stereocenters. The average Bonchev–Trinajstić information content (AvgIpc) is 3.46. The van der Waals surface area contributed by atoms with Gasteiger partial charge in [0.25, 0.3) is 11.1 Å². The summed E-state index contributed by atoms with van der Waals surface area (Å²) >= 11 is 8.37. The molecule has 0 aliphatic carbocycles. The van der Waals surface area contributed by atoms with Gasteiger partial charge in [-0.2, -0.15) is 4.37 Å². The molecule has 0 saturated heterocycles. The number of halogens is 2. The van der Waals surface area contributed by atoms with Gasteiger partial charge in [0, 0.05) is 54.4 Å². The quantitative estimate of drug-likeness (QED) is 0.299. The molecule has 2 aromatic carbocycles. The van der Waals surface area contributed by atoms with Crippen LogP contribution in [0.3, 0.4) is 0 Å². The van der Waals surface area contributed by atoms with Crippen molar-refractivity contribution in [3.05, 3.63) is 63.4 Å². The van der Waals surface area contributed by atoms with E-state index >= 15 is 0 Å². The van der Waals surface area contributed by atoms with Crippen LogP contribution in [-0.4, -0.2) is 51.2 Å². The molecule has 8 nitrogen and oxygen atoms in total. The second-order valence-corrected chi connectivity index (χ2v) is 12.6. The molecule has 0 atom stereocenters. The second kappa shape index (κ2) is 13.8. The molecule has 1 aromatic heterocycles. The summed E-state index contributed by atoms with van der Waals surface area (Å²) in [6.45, 7) is 10.6. The van der Waals surface area contributed by atoms with Gasteiger partial charge in [-0.3, -0.25) is 14.5 Å². The maximum atomic E-state index is 14.5. The lowest BCUT2D eigenvalue weighted by Crippen LogP contribution is -2.39. The molecule has 2 aliphatic heterocycles. The van der Waals surface area contributed by atoms with E-state index in [1.54, 1.807) is 0 Å². The Morgan fingerprint density at radius 1 is 1.29 bits per heavy atom. The number of ether oxygens (including phenoxy) is 1. The van der Waals surface area contributed by atoms with Gasteiger partial charge < -0.3 is 14.2 Å². The Morgan fingerprint density at radius 3 is 2.67 bits per heavy atom. The van der Waals surface area contributed by atoms with E-state index < -0.39 is 5.82 Å². The molecule has 0 saturated carbocycles. The summed E-state index contributed by atoms with van der Waals surface area (Å²) in [5.74, 6) is 3.62. The highest BCUT2D eigenvalue weighted by atomic mass is 35.5. The fourth-order valence-electron chi connectivity index (χ4n) is 4.54. The molecular weight excluding hydrogens is 597 g/mol. The van der Waals surface area contributed by atoms with Crippen LogP contribution < -0.4 is 14.4 Å². The normalized spacial score (nSPS) is 15.2. The van der Waals surface area contributed by atoms with Crippen molar-refractivity contribution in [2.75, 3.05) is 31.1 Å². The standard InChI is InChI=1S/C18H17FN4O2S.C12H16ClNOS/c1-4-5-22-13-7-12(11(19)6-14(13)25-9-16(22)24)20-17-23-10-18(2,3)8-15(23)21-26-17;1-3-14(4-2)12(15)16-9-10-5-7-11(13)8-6-10/h1,6-7H,5,8-10H2,2-3H3;5-8H,3-4,9H2,1-2H3/b20-17-;. The summed E-state index contributed by atoms with van der Waals surface area (Å²) in [5.41, 5.74) is 1.80. The van der Waals surface area contributed by atoms with Crippen molar-refractivity contribution in [1.29, 1.82) is 0 Å². The Labute approximate surface area is 258 Å². The summed E-state index contributed by atoms with van der Waals surface area (Å²) < 4.78 is 26.3. The van der Waals surface area contributed by atoms with E-state index in [2.05, 4.69) is 29.1 Å². The molecule has 0 N–H and O–H groups in total. The van der Waals surface area contributed by atoms with Gasteiger partial charge >= 0.3 is 0 Å². The molecule has 0 bridgehead atoms. The fraction of sp³-hybridized carbons (Fsp3) is 0.400. The SMILES string of the molecule is C#CCN1C(=O)COc2cc(F)c(/N=c3\snc4n3CC(C)(C)C4)cc21.CCN(CC)C(=O)SCc1ccc(Cl)cc1. The zero-order chi connectivity index (χ0) is 30.4. The molecule has 0 radical (unpaired) electrons. The Bertz CT molecular complexity index is 1560. The Morgan fingerprint density at radius 2 is 2.00 bits per heavy atom. The number of fused-ring (bicyclic) bond motifs is 2. The first-order chi connectivity index (χ1) is 20.0. The van der Waals surface area contributed by atoms with E-state index in [4.69, 9.17) is 22.8 Å². The van der Waals surface area contributed by atoms with Crippen LogP contribution in [0.5, 0.6) is 5.75 Å². The topological polar surface area (TPSA) is 80.0 Å². The van der Waals surface area contributed by atoms with Crippen molar-refractivity contribution < 1.29 is 18.7 Å². The van der Waals surface area contributed by atoms with Gasteiger partial charge in [0.05, 0.1) is 12.2 Å². The fourth-order valence-corrected chi connectivity index (χ4v) is 6.35. The number of hydrogen-bond donors (Lipinski definition) is 0. The number of hydrogen-bond acceptors (Lipinski definition) is 7. The molecule has 12 heteroatoms. The first kappa shape index (κ1) is 31.6. The molecule has 2 aliphatic rings. The Kier molecular flexibility index (Phi) is 10.4. The van der Waals surface area contributed by atoms with Gasteiger partial charge in [-0.25, -0.2) is 9.38 Å².